The average Bonchev–Trinajstić information content (AvgIpc) is 2.64. The Labute approximate surface area is 102 Å². The van der Waals surface area contributed by atoms with Gasteiger partial charge in [0.25, 0.3) is 0 Å². The lowest BCUT2D eigenvalue weighted by Gasteiger charge is -2.05. The van der Waals surface area contributed by atoms with Gasteiger partial charge < -0.3 is 4.57 Å². The van der Waals surface area contributed by atoms with E-state index in [0.29, 0.717) is 5.92 Å². The van der Waals surface area contributed by atoms with Crippen LogP contribution in [0.1, 0.15) is 42.4 Å². The molecule has 17 heavy (non-hydrogen) atoms. The molecule has 2 aromatic rings. The van der Waals surface area contributed by atoms with Gasteiger partial charge >= 0.3 is 0 Å². The Hall–Kier alpha value is -1.57. The zero-order chi connectivity index (χ0) is 11.8. The van der Waals surface area contributed by atoms with Crippen LogP contribution in [0, 0.1) is 0 Å². The normalized spacial score (nSPS) is 14.3. The van der Waals surface area contributed by atoms with E-state index in [2.05, 4.69) is 48.9 Å². The third-order valence-electron chi connectivity index (χ3n) is 3.55. The zero-order valence-corrected chi connectivity index (χ0v) is 10.5. The van der Waals surface area contributed by atoms with Crippen LogP contribution >= 0.6 is 0 Å². The maximum Gasteiger partial charge on any atom is 0.109 e. The molecule has 0 spiro atoms. The Morgan fingerprint density at radius 3 is 2.65 bits per heavy atom. The molecule has 2 heteroatoms. The molecule has 3 rings (SSSR count). The second-order valence-electron chi connectivity index (χ2n) is 5.13. The molecule has 0 N–H and O–H groups in total. The van der Waals surface area contributed by atoms with Crippen LogP contribution in [0.3, 0.4) is 0 Å². The first kappa shape index (κ1) is 10.6. The second kappa shape index (κ2) is 4.02. The Kier molecular flexibility index (Phi) is 2.50. The summed E-state index contributed by atoms with van der Waals surface area (Å²) in [6.07, 6.45) is 4.40. The minimum atomic E-state index is 0.518. The number of hydrogen-bond donors (Lipinski definition) is 0. The van der Waals surface area contributed by atoms with Gasteiger partial charge in [0.1, 0.15) is 5.82 Å². The third kappa shape index (κ3) is 1.88. The van der Waals surface area contributed by atoms with Crippen LogP contribution in [-0.2, 0) is 19.4 Å². The number of fused-ring (bicyclic) bond motifs is 2. The van der Waals surface area contributed by atoms with Gasteiger partial charge in [-0.1, -0.05) is 38.1 Å². The van der Waals surface area contributed by atoms with Crippen LogP contribution in [0.15, 0.2) is 30.5 Å². The summed E-state index contributed by atoms with van der Waals surface area (Å²) in [5.74, 6) is 1.76. The van der Waals surface area contributed by atoms with E-state index in [1.165, 1.54) is 22.6 Å². The maximum absolute atomic E-state index is 4.76. The fourth-order valence-electron chi connectivity index (χ4n) is 2.48. The third-order valence-corrected chi connectivity index (χ3v) is 3.55. The van der Waals surface area contributed by atoms with Gasteiger partial charge in [-0.2, -0.15) is 0 Å². The molecule has 1 aliphatic heterocycles. The van der Waals surface area contributed by atoms with Crippen molar-refractivity contribution in [3.63, 3.8) is 0 Å². The zero-order valence-electron chi connectivity index (χ0n) is 10.5. The summed E-state index contributed by atoms with van der Waals surface area (Å²) in [4.78, 5) is 4.76. The fourth-order valence-corrected chi connectivity index (χ4v) is 2.48. The van der Waals surface area contributed by atoms with Crippen LogP contribution in [0.4, 0.5) is 0 Å². The van der Waals surface area contributed by atoms with Crippen molar-refractivity contribution < 1.29 is 0 Å². The minimum absolute atomic E-state index is 0.518. The van der Waals surface area contributed by atoms with Gasteiger partial charge in [-0.15, -0.1) is 0 Å². The van der Waals surface area contributed by atoms with Gasteiger partial charge in [0.05, 0.1) is 5.69 Å². The maximum atomic E-state index is 4.76. The molecule has 2 heterocycles. The molecule has 0 fully saturated rings. The molecule has 0 aliphatic carbocycles. The summed E-state index contributed by atoms with van der Waals surface area (Å²) in [5.41, 5.74) is 4.14. The number of hydrogen-bond acceptors (Lipinski definition) is 1. The molecular formula is C15H18N2. The monoisotopic (exact) mass is 226 g/mol. The van der Waals surface area contributed by atoms with Crippen LogP contribution in [0.5, 0.6) is 0 Å². The van der Waals surface area contributed by atoms with Crippen molar-refractivity contribution in [3.8, 4) is 0 Å². The van der Waals surface area contributed by atoms with Crippen LogP contribution in [-0.4, -0.2) is 9.55 Å². The summed E-state index contributed by atoms with van der Waals surface area (Å²) < 4.78 is 2.32. The first-order valence-electron chi connectivity index (χ1n) is 6.37. The minimum Gasteiger partial charge on any atom is -0.330 e. The molecule has 0 atom stereocenters. The van der Waals surface area contributed by atoms with E-state index in [9.17, 15) is 0 Å². The summed E-state index contributed by atoms with van der Waals surface area (Å²) in [7, 11) is 0. The van der Waals surface area contributed by atoms with Crippen molar-refractivity contribution in [1.82, 2.24) is 9.55 Å². The van der Waals surface area contributed by atoms with E-state index in [4.69, 9.17) is 4.98 Å². The number of imidazole rings is 1. The number of benzene rings is 1. The van der Waals surface area contributed by atoms with Crippen molar-refractivity contribution >= 4 is 0 Å². The number of rotatable bonds is 1. The molecule has 1 aromatic heterocycles. The quantitative estimate of drug-likeness (QED) is 0.730. The molecule has 0 radical (unpaired) electrons. The van der Waals surface area contributed by atoms with Crippen molar-refractivity contribution in [2.24, 2.45) is 0 Å². The number of aryl methyl sites for hydroxylation is 2. The lowest BCUT2D eigenvalue weighted by Crippen LogP contribution is -2.00. The van der Waals surface area contributed by atoms with Gasteiger partial charge in [-0.25, -0.2) is 4.98 Å². The molecule has 0 bridgehead atoms. The van der Waals surface area contributed by atoms with E-state index in [0.717, 1.165) is 19.4 Å². The summed E-state index contributed by atoms with van der Waals surface area (Å²) in [6, 6.07) is 8.74. The molecule has 88 valence electrons. The highest BCUT2D eigenvalue weighted by Gasteiger charge is 2.15. The Balaban J connectivity index is 2.01. The first-order chi connectivity index (χ1) is 8.24. The standard InChI is InChI=1S/C15H18N2/c1-11(2)14-10-17-9-13-6-4-3-5-12(13)7-8-15(17)16-14/h3-6,10-11H,7-9H2,1-2H3. The molecular weight excluding hydrogens is 208 g/mol. The number of nitrogens with zero attached hydrogens (tertiary/aromatic N) is 2. The number of aromatic nitrogens is 2. The Bertz CT molecular complexity index is 538. The van der Waals surface area contributed by atoms with Crippen molar-refractivity contribution in [2.45, 2.75) is 39.2 Å². The first-order valence-corrected chi connectivity index (χ1v) is 6.37. The topological polar surface area (TPSA) is 17.8 Å². The van der Waals surface area contributed by atoms with Gasteiger partial charge in [-0.3, -0.25) is 0 Å². The summed E-state index contributed by atoms with van der Waals surface area (Å²) in [5, 5.41) is 0. The lowest BCUT2D eigenvalue weighted by atomic mass is 10.0. The van der Waals surface area contributed by atoms with Crippen LogP contribution in [0.25, 0.3) is 0 Å². The predicted molar refractivity (Wildman–Crippen MR) is 69.3 cm³/mol. The lowest BCUT2D eigenvalue weighted by molar-refractivity contribution is 0.744. The van der Waals surface area contributed by atoms with Crippen molar-refractivity contribution in [2.75, 3.05) is 0 Å². The highest BCUT2D eigenvalue weighted by molar-refractivity contribution is 5.30. The highest BCUT2D eigenvalue weighted by atomic mass is 15.1. The van der Waals surface area contributed by atoms with Crippen molar-refractivity contribution in [3.05, 3.63) is 53.1 Å². The fraction of sp³-hybridized carbons (Fsp3) is 0.400. The van der Waals surface area contributed by atoms with E-state index in [-0.39, 0.29) is 0 Å². The van der Waals surface area contributed by atoms with Gasteiger partial charge in [0.2, 0.25) is 0 Å². The summed E-state index contributed by atoms with van der Waals surface area (Å²) >= 11 is 0. The Morgan fingerprint density at radius 1 is 1.12 bits per heavy atom. The molecule has 0 amide bonds. The van der Waals surface area contributed by atoms with Gasteiger partial charge in [0.15, 0.2) is 0 Å². The second-order valence-corrected chi connectivity index (χ2v) is 5.13. The van der Waals surface area contributed by atoms with E-state index in [1.807, 2.05) is 0 Å². The molecule has 1 aromatic carbocycles. The highest BCUT2D eigenvalue weighted by Crippen LogP contribution is 2.22. The Morgan fingerprint density at radius 2 is 1.88 bits per heavy atom. The average molecular weight is 226 g/mol. The SMILES string of the molecule is CC(C)c1cn2c(n1)CCc1ccccc1C2. The van der Waals surface area contributed by atoms with Crippen LogP contribution in [0.2, 0.25) is 0 Å². The van der Waals surface area contributed by atoms with Gasteiger partial charge in [0, 0.05) is 19.2 Å². The smallest absolute Gasteiger partial charge is 0.109 e. The molecule has 2 nitrogen and oxygen atoms in total. The predicted octanol–water partition coefficient (Wildman–Crippen LogP) is 3.15. The summed E-state index contributed by atoms with van der Waals surface area (Å²) in [6.45, 7) is 5.39. The van der Waals surface area contributed by atoms with Crippen LogP contribution < -0.4 is 0 Å². The molecule has 0 saturated carbocycles. The largest absolute Gasteiger partial charge is 0.330 e. The van der Waals surface area contributed by atoms with E-state index in [1.54, 1.807) is 0 Å². The molecule has 0 unspecified atom stereocenters. The molecule has 1 aliphatic rings. The van der Waals surface area contributed by atoms with Crippen molar-refractivity contribution in [1.29, 1.82) is 0 Å². The van der Waals surface area contributed by atoms with Gasteiger partial charge in [-0.05, 0) is 23.5 Å². The van der Waals surface area contributed by atoms with E-state index < -0.39 is 0 Å². The van der Waals surface area contributed by atoms with E-state index >= 15 is 0 Å². The molecule has 0 saturated heterocycles.